The van der Waals surface area contributed by atoms with Crippen LogP contribution < -0.4 is 14.7 Å². The molecule has 0 unspecified atom stereocenters. The molecule has 2 aromatic rings. The summed E-state index contributed by atoms with van der Waals surface area (Å²) in [4.78, 5) is 12.2. The van der Waals surface area contributed by atoms with E-state index in [9.17, 15) is 4.79 Å². The minimum atomic E-state index is -1.93. The summed E-state index contributed by atoms with van der Waals surface area (Å²) in [5.74, 6) is 0.173. The zero-order valence-corrected chi connectivity index (χ0v) is 12.0. The van der Waals surface area contributed by atoms with Crippen molar-refractivity contribution in [2.75, 3.05) is 7.11 Å². The monoisotopic (exact) mass is 301 g/mol. The van der Waals surface area contributed by atoms with Gasteiger partial charge in [0.2, 0.25) is 0 Å². The van der Waals surface area contributed by atoms with Gasteiger partial charge in [-0.15, -0.1) is 0 Å². The van der Waals surface area contributed by atoms with E-state index in [0.29, 0.717) is 12.1 Å². The first-order valence-corrected chi connectivity index (χ1v) is 6.63. The van der Waals surface area contributed by atoms with Crippen molar-refractivity contribution in [1.82, 2.24) is 5.32 Å². The second-order valence-electron chi connectivity index (χ2n) is 4.47. The Kier molecular flexibility index (Phi) is 5.40. The normalized spacial score (nSPS) is 9.95. The molecule has 0 saturated carbocycles. The fourth-order valence-electron chi connectivity index (χ4n) is 1.93. The lowest BCUT2D eigenvalue weighted by atomic mass is 10.1. The molecule has 1 amide bonds. The number of amides is 1. The standard InChI is InChI=1S/C15H16BNO5/c1-21-14-9-12(22-16(19)20)7-8-13(14)15(18)17-10-11-5-3-2-4-6-11/h2-9,19-20H,10H2,1H3,(H,17,18). The van der Waals surface area contributed by atoms with Crippen LogP contribution in [-0.4, -0.2) is 30.4 Å². The molecule has 0 heterocycles. The molecule has 0 spiro atoms. The summed E-state index contributed by atoms with van der Waals surface area (Å²) >= 11 is 0. The topological polar surface area (TPSA) is 88.0 Å². The van der Waals surface area contributed by atoms with Crippen molar-refractivity contribution in [3.63, 3.8) is 0 Å². The molecule has 2 rings (SSSR count). The summed E-state index contributed by atoms with van der Waals surface area (Å²) < 4.78 is 9.86. The molecule has 0 atom stereocenters. The first-order valence-electron chi connectivity index (χ1n) is 6.63. The number of methoxy groups -OCH3 is 1. The SMILES string of the molecule is COc1cc(OB(O)O)ccc1C(=O)NCc1ccccc1. The van der Waals surface area contributed by atoms with E-state index in [2.05, 4.69) is 5.32 Å². The van der Waals surface area contributed by atoms with Crippen LogP contribution in [0.25, 0.3) is 0 Å². The van der Waals surface area contributed by atoms with E-state index in [4.69, 9.17) is 19.4 Å². The van der Waals surface area contributed by atoms with E-state index in [1.165, 1.54) is 25.3 Å². The number of hydrogen-bond acceptors (Lipinski definition) is 5. The molecule has 6 nitrogen and oxygen atoms in total. The summed E-state index contributed by atoms with van der Waals surface area (Å²) in [7, 11) is -0.509. The van der Waals surface area contributed by atoms with Gasteiger partial charge in [0.15, 0.2) is 0 Å². The van der Waals surface area contributed by atoms with Crippen molar-refractivity contribution in [2.24, 2.45) is 0 Å². The van der Waals surface area contributed by atoms with Gasteiger partial charge in [-0.05, 0) is 17.7 Å². The molecule has 3 N–H and O–H groups in total. The van der Waals surface area contributed by atoms with Crippen LogP contribution >= 0.6 is 0 Å². The van der Waals surface area contributed by atoms with E-state index < -0.39 is 7.32 Å². The molecule has 0 aliphatic heterocycles. The van der Waals surface area contributed by atoms with Crippen molar-refractivity contribution >= 4 is 13.2 Å². The number of benzene rings is 2. The molecule has 0 fully saturated rings. The maximum atomic E-state index is 12.2. The molecule has 0 saturated heterocycles. The van der Waals surface area contributed by atoms with Gasteiger partial charge in [0, 0.05) is 12.6 Å². The number of nitrogens with one attached hydrogen (secondary N) is 1. The molecule has 2 aromatic carbocycles. The second kappa shape index (κ2) is 7.49. The third kappa shape index (κ3) is 4.24. The first kappa shape index (κ1) is 15.9. The van der Waals surface area contributed by atoms with Crippen LogP contribution in [0.15, 0.2) is 48.5 Å². The summed E-state index contributed by atoms with van der Waals surface area (Å²) in [6.07, 6.45) is 0. The molecule has 114 valence electrons. The summed E-state index contributed by atoms with van der Waals surface area (Å²) in [5.41, 5.74) is 1.32. The van der Waals surface area contributed by atoms with E-state index in [1.807, 2.05) is 30.3 Å². The van der Waals surface area contributed by atoms with E-state index >= 15 is 0 Å². The van der Waals surface area contributed by atoms with Crippen LogP contribution in [0, 0.1) is 0 Å². The Morgan fingerprint density at radius 3 is 2.55 bits per heavy atom. The molecule has 0 aliphatic carbocycles. The van der Waals surface area contributed by atoms with Crippen molar-refractivity contribution in [3.05, 3.63) is 59.7 Å². The second-order valence-corrected chi connectivity index (χ2v) is 4.47. The number of ether oxygens (including phenoxy) is 1. The Balaban J connectivity index is 2.08. The summed E-state index contributed by atoms with van der Waals surface area (Å²) in [6, 6.07) is 13.9. The van der Waals surface area contributed by atoms with Crippen molar-refractivity contribution in [3.8, 4) is 11.5 Å². The molecule has 0 aliphatic rings. The van der Waals surface area contributed by atoms with Crippen LogP contribution in [0.2, 0.25) is 0 Å². The number of carbonyl (C=O) groups is 1. The predicted octanol–water partition coefficient (Wildman–Crippen LogP) is 0.973. The molecule has 0 radical (unpaired) electrons. The Hall–Kier alpha value is -2.51. The van der Waals surface area contributed by atoms with E-state index in [1.54, 1.807) is 0 Å². The molecule has 22 heavy (non-hydrogen) atoms. The van der Waals surface area contributed by atoms with Crippen LogP contribution in [0.5, 0.6) is 11.5 Å². The van der Waals surface area contributed by atoms with Gasteiger partial charge >= 0.3 is 7.32 Å². The van der Waals surface area contributed by atoms with Gasteiger partial charge in [-0.2, -0.15) is 0 Å². The highest BCUT2D eigenvalue weighted by Crippen LogP contribution is 2.25. The Morgan fingerprint density at radius 1 is 1.18 bits per heavy atom. The third-order valence-electron chi connectivity index (χ3n) is 2.96. The highest BCUT2D eigenvalue weighted by molar-refractivity contribution is 6.33. The highest BCUT2D eigenvalue weighted by atomic mass is 16.6. The third-order valence-corrected chi connectivity index (χ3v) is 2.96. The van der Waals surface area contributed by atoms with Gasteiger partial charge in [-0.25, -0.2) is 0 Å². The maximum absolute atomic E-state index is 12.2. The van der Waals surface area contributed by atoms with E-state index in [0.717, 1.165) is 5.56 Å². The van der Waals surface area contributed by atoms with Gasteiger partial charge in [0.1, 0.15) is 11.5 Å². The Bertz CT molecular complexity index is 633. The average molecular weight is 301 g/mol. The Morgan fingerprint density at radius 2 is 1.91 bits per heavy atom. The van der Waals surface area contributed by atoms with E-state index in [-0.39, 0.29) is 17.4 Å². The molecule has 0 bridgehead atoms. The molecule has 0 aromatic heterocycles. The fraction of sp³-hybridized carbons (Fsp3) is 0.133. The van der Waals surface area contributed by atoms with Crippen molar-refractivity contribution in [1.29, 1.82) is 0 Å². The number of carbonyl (C=O) groups excluding carboxylic acids is 1. The molecular weight excluding hydrogens is 285 g/mol. The van der Waals surface area contributed by atoms with Gasteiger partial charge in [-0.3, -0.25) is 4.79 Å². The largest absolute Gasteiger partial charge is 0.707 e. The minimum Gasteiger partial charge on any atom is -0.512 e. The van der Waals surface area contributed by atoms with Crippen LogP contribution in [0.1, 0.15) is 15.9 Å². The maximum Gasteiger partial charge on any atom is 0.707 e. The minimum absolute atomic E-state index is 0.187. The number of rotatable bonds is 6. The van der Waals surface area contributed by atoms with Crippen LogP contribution in [0.3, 0.4) is 0 Å². The van der Waals surface area contributed by atoms with Gasteiger partial charge in [-0.1, -0.05) is 30.3 Å². The summed E-state index contributed by atoms with van der Waals surface area (Å²) in [6.45, 7) is 0.399. The first-order chi connectivity index (χ1) is 10.6. The number of hydrogen-bond donors (Lipinski definition) is 3. The molecule has 7 heteroatoms. The Labute approximate surface area is 128 Å². The van der Waals surface area contributed by atoms with Gasteiger partial charge in [0.25, 0.3) is 5.91 Å². The smallest absolute Gasteiger partial charge is 0.512 e. The fourth-order valence-corrected chi connectivity index (χ4v) is 1.93. The van der Waals surface area contributed by atoms with Crippen molar-refractivity contribution < 1.29 is 24.2 Å². The average Bonchev–Trinajstić information content (AvgIpc) is 2.53. The zero-order chi connectivity index (χ0) is 15.9. The zero-order valence-electron chi connectivity index (χ0n) is 12.0. The van der Waals surface area contributed by atoms with Gasteiger partial charge in [0.05, 0.1) is 12.7 Å². The van der Waals surface area contributed by atoms with Gasteiger partial charge < -0.3 is 24.8 Å². The van der Waals surface area contributed by atoms with Crippen LogP contribution in [-0.2, 0) is 6.54 Å². The predicted molar refractivity (Wildman–Crippen MR) is 81.4 cm³/mol. The highest BCUT2D eigenvalue weighted by Gasteiger charge is 2.16. The van der Waals surface area contributed by atoms with Crippen LogP contribution in [0.4, 0.5) is 0 Å². The lowest BCUT2D eigenvalue weighted by Crippen LogP contribution is -2.24. The quantitative estimate of drug-likeness (QED) is 0.692. The summed E-state index contributed by atoms with van der Waals surface area (Å²) in [5, 5.41) is 20.3. The molecular formula is C15H16BNO5. The lowest BCUT2D eigenvalue weighted by molar-refractivity contribution is 0.0948. The van der Waals surface area contributed by atoms with Crippen molar-refractivity contribution in [2.45, 2.75) is 6.54 Å². The lowest BCUT2D eigenvalue weighted by Gasteiger charge is -2.12.